The molecular formula is C20H23N3O2S. The Morgan fingerprint density at radius 2 is 1.96 bits per heavy atom. The molecule has 5 nitrogen and oxygen atoms in total. The summed E-state index contributed by atoms with van der Waals surface area (Å²) in [4.78, 5) is 28.6. The van der Waals surface area contributed by atoms with Crippen molar-refractivity contribution < 1.29 is 9.59 Å². The summed E-state index contributed by atoms with van der Waals surface area (Å²) in [7, 11) is 0. The second-order valence-corrected chi connectivity index (χ2v) is 7.00. The molecule has 26 heavy (non-hydrogen) atoms. The molecule has 0 radical (unpaired) electrons. The van der Waals surface area contributed by atoms with Crippen LogP contribution in [0.3, 0.4) is 0 Å². The molecule has 0 atom stereocenters. The molecular weight excluding hydrogens is 346 g/mol. The van der Waals surface area contributed by atoms with E-state index in [-0.39, 0.29) is 17.2 Å². The maximum absolute atomic E-state index is 12.6. The monoisotopic (exact) mass is 369 g/mol. The van der Waals surface area contributed by atoms with Crippen molar-refractivity contribution >= 4 is 40.9 Å². The highest BCUT2D eigenvalue weighted by Crippen LogP contribution is 2.25. The van der Waals surface area contributed by atoms with Crippen molar-refractivity contribution in [2.45, 2.75) is 26.2 Å². The molecule has 2 heterocycles. The van der Waals surface area contributed by atoms with Crippen LogP contribution >= 0.6 is 12.2 Å². The zero-order valence-corrected chi connectivity index (χ0v) is 15.8. The molecule has 3 rings (SSSR count). The number of anilines is 1. The normalized spacial score (nSPS) is 19.7. The van der Waals surface area contributed by atoms with Crippen LogP contribution in [0, 0.1) is 6.92 Å². The summed E-state index contributed by atoms with van der Waals surface area (Å²) in [5, 5.41) is 2.69. The van der Waals surface area contributed by atoms with Crippen molar-refractivity contribution in [3.05, 3.63) is 47.6 Å². The van der Waals surface area contributed by atoms with E-state index < -0.39 is 11.8 Å². The molecule has 0 unspecified atom stereocenters. The minimum atomic E-state index is -0.459. The van der Waals surface area contributed by atoms with Crippen molar-refractivity contribution in [3.8, 4) is 0 Å². The van der Waals surface area contributed by atoms with Gasteiger partial charge in [0.2, 0.25) is 0 Å². The number of piperidine rings is 1. The Kier molecular flexibility index (Phi) is 5.52. The number of nitrogens with one attached hydrogen (secondary N) is 1. The van der Waals surface area contributed by atoms with Gasteiger partial charge in [-0.2, -0.15) is 0 Å². The number of hydrogen-bond donors (Lipinski definition) is 1. The highest BCUT2D eigenvalue weighted by Gasteiger charge is 2.32. The Balaban J connectivity index is 1.88. The van der Waals surface area contributed by atoms with Crippen LogP contribution in [0.2, 0.25) is 0 Å². The molecule has 0 aromatic heterocycles. The van der Waals surface area contributed by atoms with Gasteiger partial charge in [0.15, 0.2) is 5.11 Å². The average Bonchev–Trinajstić information content (AvgIpc) is 2.64. The minimum absolute atomic E-state index is 0.0919. The maximum atomic E-state index is 12.6. The van der Waals surface area contributed by atoms with Crippen molar-refractivity contribution in [1.29, 1.82) is 0 Å². The lowest BCUT2D eigenvalue weighted by Gasteiger charge is -2.29. The Labute approximate surface area is 159 Å². The summed E-state index contributed by atoms with van der Waals surface area (Å²) < 4.78 is 0. The Bertz CT molecular complexity index is 794. The summed E-state index contributed by atoms with van der Waals surface area (Å²) >= 11 is 5.07. The van der Waals surface area contributed by atoms with Gasteiger partial charge in [-0.15, -0.1) is 6.58 Å². The van der Waals surface area contributed by atoms with Crippen molar-refractivity contribution in [2.75, 3.05) is 24.5 Å². The highest BCUT2D eigenvalue weighted by atomic mass is 32.1. The molecule has 2 aliphatic rings. The van der Waals surface area contributed by atoms with Gasteiger partial charge in [0, 0.05) is 25.3 Å². The van der Waals surface area contributed by atoms with E-state index >= 15 is 0 Å². The zero-order valence-electron chi connectivity index (χ0n) is 15.0. The van der Waals surface area contributed by atoms with E-state index in [1.165, 1.54) is 29.8 Å². The van der Waals surface area contributed by atoms with Crippen LogP contribution in [0.1, 0.15) is 30.4 Å². The van der Waals surface area contributed by atoms with Crippen molar-refractivity contribution in [1.82, 2.24) is 10.2 Å². The largest absolute Gasteiger partial charge is 0.372 e. The van der Waals surface area contributed by atoms with Crippen LogP contribution in [-0.2, 0) is 9.59 Å². The molecule has 2 fully saturated rings. The molecule has 0 saturated carbocycles. The van der Waals surface area contributed by atoms with E-state index in [2.05, 4.69) is 28.9 Å². The molecule has 2 aliphatic heterocycles. The number of aryl methyl sites for hydroxylation is 1. The number of thiocarbonyl (C=S) groups is 1. The predicted molar refractivity (Wildman–Crippen MR) is 108 cm³/mol. The minimum Gasteiger partial charge on any atom is -0.372 e. The smallest absolute Gasteiger partial charge is 0.265 e. The standard InChI is InChI=1S/C20H23N3O2S/c1-3-9-23-19(25)17(18(24)21-20(23)26)13-15-7-8-16(12-14(15)2)22-10-5-4-6-11-22/h3,7-8,12-13H,1,4-6,9-11H2,2H3,(H,21,24,26)/b17-13+. The first-order valence-electron chi connectivity index (χ1n) is 8.86. The summed E-state index contributed by atoms with van der Waals surface area (Å²) in [5.41, 5.74) is 3.17. The topological polar surface area (TPSA) is 52.7 Å². The fourth-order valence-electron chi connectivity index (χ4n) is 3.32. The van der Waals surface area contributed by atoms with E-state index in [0.717, 1.165) is 24.2 Å². The van der Waals surface area contributed by atoms with Crippen LogP contribution in [0.5, 0.6) is 0 Å². The number of carbonyl (C=O) groups is 2. The van der Waals surface area contributed by atoms with E-state index in [1.807, 2.05) is 13.0 Å². The summed E-state index contributed by atoms with van der Waals surface area (Å²) in [6.07, 6.45) is 6.96. The van der Waals surface area contributed by atoms with Gasteiger partial charge >= 0.3 is 0 Å². The van der Waals surface area contributed by atoms with Gasteiger partial charge in [-0.05, 0) is 67.7 Å². The van der Waals surface area contributed by atoms with Gasteiger partial charge in [-0.25, -0.2) is 0 Å². The lowest BCUT2D eigenvalue weighted by atomic mass is 10.0. The summed E-state index contributed by atoms with van der Waals surface area (Å²) in [6, 6.07) is 6.15. The third kappa shape index (κ3) is 3.70. The lowest BCUT2D eigenvalue weighted by Crippen LogP contribution is -2.53. The number of nitrogens with zero attached hydrogens (tertiary/aromatic N) is 2. The van der Waals surface area contributed by atoms with Crippen LogP contribution in [0.25, 0.3) is 6.08 Å². The number of rotatable bonds is 4. The van der Waals surface area contributed by atoms with Gasteiger partial charge in [0.05, 0.1) is 0 Å². The second kappa shape index (κ2) is 7.83. The molecule has 0 aliphatic carbocycles. The summed E-state index contributed by atoms with van der Waals surface area (Å²) in [6.45, 7) is 8.05. The van der Waals surface area contributed by atoms with Crippen LogP contribution in [0.4, 0.5) is 5.69 Å². The third-order valence-corrected chi connectivity index (χ3v) is 5.09. The van der Waals surface area contributed by atoms with Gasteiger partial charge in [-0.1, -0.05) is 12.1 Å². The average molecular weight is 369 g/mol. The molecule has 1 N–H and O–H groups in total. The quantitative estimate of drug-likeness (QED) is 0.384. The van der Waals surface area contributed by atoms with Gasteiger partial charge in [0.1, 0.15) is 5.57 Å². The lowest BCUT2D eigenvalue weighted by molar-refractivity contribution is -0.128. The van der Waals surface area contributed by atoms with Gasteiger partial charge < -0.3 is 4.90 Å². The molecule has 1 aromatic rings. The Hall–Kier alpha value is -2.47. The molecule has 0 spiro atoms. The number of amides is 2. The van der Waals surface area contributed by atoms with Gasteiger partial charge in [-0.3, -0.25) is 19.8 Å². The second-order valence-electron chi connectivity index (χ2n) is 6.61. The van der Waals surface area contributed by atoms with Crippen molar-refractivity contribution in [3.63, 3.8) is 0 Å². The molecule has 6 heteroatoms. The van der Waals surface area contributed by atoms with Crippen LogP contribution in [-0.4, -0.2) is 41.5 Å². The SMILES string of the molecule is C=CCN1C(=O)/C(=C/c2ccc(N3CCCCC3)cc2C)C(=O)NC1=S. The summed E-state index contributed by atoms with van der Waals surface area (Å²) in [5.74, 6) is -0.849. The Morgan fingerprint density at radius 3 is 2.62 bits per heavy atom. The fraction of sp³-hybridized carbons (Fsp3) is 0.350. The first-order chi connectivity index (χ1) is 12.5. The molecule has 0 bridgehead atoms. The number of carbonyl (C=O) groups excluding carboxylic acids is 2. The van der Waals surface area contributed by atoms with Crippen LogP contribution in [0.15, 0.2) is 36.4 Å². The fourth-order valence-corrected chi connectivity index (χ4v) is 3.57. The molecule has 2 saturated heterocycles. The van der Waals surface area contributed by atoms with Gasteiger partial charge in [0.25, 0.3) is 11.8 Å². The first kappa shape index (κ1) is 18.3. The maximum Gasteiger partial charge on any atom is 0.265 e. The Morgan fingerprint density at radius 1 is 1.23 bits per heavy atom. The van der Waals surface area contributed by atoms with E-state index in [4.69, 9.17) is 12.2 Å². The van der Waals surface area contributed by atoms with Crippen molar-refractivity contribution in [2.24, 2.45) is 0 Å². The predicted octanol–water partition coefficient (Wildman–Crippen LogP) is 2.80. The van der Waals surface area contributed by atoms with Crippen LogP contribution < -0.4 is 10.2 Å². The van der Waals surface area contributed by atoms with E-state index in [0.29, 0.717) is 0 Å². The molecule has 136 valence electrons. The molecule has 1 aromatic carbocycles. The van der Waals surface area contributed by atoms with E-state index in [9.17, 15) is 9.59 Å². The highest BCUT2D eigenvalue weighted by molar-refractivity contribution is 7.80. The zero-order chi connectivity index (χ0) is 18.7. The number of benzene rings is 1. The van der Waals surface area contributed by atoms with E-state index in [1.54, 1.807) is 12.2 Å². The third-order valence-electron chi connectivity index (χ3n) is 4.77. The molecule has 2 amide bonds. The number of hydrogen-bond acceptors (Lipinski definition) is 4. The first-order valence-corrected chi connectivity index (χ1v) is 9.27.